The van der Waals surface area contributed by atoms with Crippen LogP contribution in [0.5, 0.6) is 0 Å². The molecule has 0 atom stereocenters. The van der Waals surface area contributed by atoms with Crippen molar-refractivity contribution in [2.75, 3.05) is 17.2 Å². The highest BCUT2D eigenvalue weighted by Crippen LogP contribution is 2.21. The van der Waals surface area contributed by atoms with Gasteiger partial charge < -0.3 is 15.4 Å². The van der Waals surface area contributed by atoms with E-state index in [0.29, 0.717) is 28.0 Å². The molecule has 0 aromatic heterocycles. The zero-order valence-corrected chi connectivity index (χ0v) is 14.4. The van der Waals surface area contributed by atoms with Crippen LogP contribution >= 0.6 is 23.8 Å². The molecule has 0 bridgehead atoms. The molecule has 2 N–H and O–H groups in total. The second kappa shape index (κ2) is 7.94. The Kier molecular flexibility index (Phi) is 5.96. The fraction of sp³-hybridized carbons (Fsp3) is 0.176. The molecule has 23 heavy (non-hydrogen) atoms. The number of halogens is 1. The third-order valence-corrected chi connectivity index (χ3v) is 3.56. The van der Waals surface area contributed by atoms with Crippen molar-refractivity contribution in [2.24, 2.45) is 0 Å². The minimum absolute atomic E-state index is 0.317. The van der Waals surface area contributed by atoms with Crippen LogP contribution in [0.1, 0.15) is 22.8 Å². The fourth-order valence-corrected chi connectivity index (χ4v) is 2.38. The van der Waals surface area contributed by atoms with E-state index in [2.05, 4.69) is 10.6 Å². The number of esters is 1. The Balaban J connectivity index is 2.14. The van der Waals surface area contributed by atoms with Crippen molar-refractivity contribution in [1.29, 1.82) is 0 Å². The van der Waals surface area contributed by atoms with Crippen LogP contribution in [0, 0.1) is 6.92 Å². The van der Waals surface area contributed by atoms with Gasteiger partial charge in [0.05, 0.1) is 17.9 Å². The lowest BCUT2D eigenvalue weighted by Gasteiger charge is -2.15. The summed E-state index contributed by atoms with van der Waals surface area (Å²) in [5, 5.41) is 7.09. The molecule has 0 radical (unpaired) electrons. The van der Waals surface area contributed by atoms with Gasteiger partial charge in [-0.05, 0) is 55.9 Å². The summed E-state index contributed by atoms with van der Waals surface area (Å²) in [6.45, 7) is 4.04. The number of anilines is 2. The zero-order valence-electron chi connectivity index (χ0n) is 12.9. The standard InChI is InChI=1S/C17H17ClN2O2S/c1-3-22-16(21)13-6-4-5-7-14(13)19-17(23)20-15-10-12(18)9-8-11(15)2/h4-10H,3H2,1-2H3,(H2,19,20,23). The zero-order chi connectivity index (χ0) is 16.8. The number of nitrogens with one attached hydrogen (secondary N) is 2. The SMILES string of the molecule is CCOC(=O)c1ccccc1NC(=S)Nc1cc(Cl)ccc1C. The Morgan fingerprint density at radius 3 is 2.61 bits per heavy atom. The number of thiocarbonyl (C=S) groups is 1. The van der Waals surface area contributed by atoms with Gasteiger partial charge in [0.25, 0.3) is 0 Å². The number of carbonyl (C=O) groups excluding carboxylic acids is 1. The number of benzene rings is 2. The largest absolute Gasteiger partial charge is 0.462 e. The van der Waals surface area contributed by atoms with E-state index in [-0.39, 0.29) is 0 Å². The normalized spacial score (nSPS) is 10.0. The van der Waals surface area contributed by atoms with Crippen molar-refractivity contribution >= 4 is 46.3 Å². The van der Waals surface area contributed by atoms with Gasteiger partial charge in [0.1, 0.15) is 0 Å². The van der Waals surface area contributed by atoms with Crippen LogP contribution in [0.4, 0.5) is 11.4 Å². The number of hydrogen-bond acceptors (Lipinski definition) is 3. The maximum absolute atomic E-state index is 12.0. The van der Waals surface area contributed by atoms with Crippen molar-refractivity contribution in [3.8, 4) is 0 Å². The van der Waals surface area contributed by atoms with Crippen LogP contribution in [0.3, 0.4) is 0 Å². The Bertz CT molecular complexity index is 734. The van der Waals surface area contributed by atoms with Crippen LogP contribution < -0.4 is 10.6 Å². The Morgan fingerprint density at radius 2 is 1.87 bits per heavy atom. The summed E-state index contributed by atoms with van der Waals surface area (Å²) in [6.07, 6.45) is 0. The average molecular weight is 349 g/mol. The summed E-state index contributed by atoms with van der Waals surface area (Å²) >= 11 is 11.3. The molecule has 0 heterocycles. The lowest BCUT2D eigenvalue weighted by Crippen LogP contribution is -2.21. The number of carbonyl (C=O) groups is 1. The quantitative estimate of drug-likeness (QED) is 0.623. The van der Waals surface area contributed by atoms with Gasteiger partial charge in [0.2, 0.25) is 0 Å². The lowest BCUT2D eigenvalue weighted by atomic mass is 10.2. The van der Waals surface area contributed by atoms with E-state index in [4.69, 9.17) is 28.6 Å². The molecular weight excluding hydrogens is 332 g/mol. The molecule has 0 saturated heterocycles. The Labute approximate surface area is 145 Å². The van der Waals surface area contributed by atoms with Crippen LogP contribution in [-0.4, -0.2) is 17.7 Å². The molecule has 2 aromatic carbocycles. The highest BCUT2D eigenvalue weighted by Gasteiger charge is 2.13. The van der Waals surface area contributed by atoms with Crippen molar-refractivity contribution < 1.29 is 9.53 Å². The number of rotatable bonds is 4. The number of para-hydroxylation sites is 1. The summed E-state index contributed by atoms with van der Waals surface area (Å²) in [5.41, 5.74) is 2.84. The summed E-state index contributed by atoms with van der Waals surface area (Å²) < 4.78 is 5.04. The molecule has 2 aromatic rings. The molecule has 0 aliphatic heterocycles. The highest BCUT2D eigenvalue weighted by atomic mass is 35.5. The van der Waals surface area contributed by atoms with Crippen molar-refractivity contribution in [3.63, 3.8) is 0 Å². The van der Waals surface area contributed by atoms with Crippen LogP contribution in [0.2, 0.25) is 5.02 Å². The number of ether oxygens (including phenoxy) is 1. The Hall–Kier alpha value is -2.11. The first-order valence-corrected chi connectivity index (χ1v) is 7.90. The molecular formula is C17H17ClN2O2S. The molecule has 120 valence electrons. The molecule has 4 nitrogen and oxygen atoms in total. The number of aryl methyl sites for hydroxylation is 1. The van der Waals surface area contributed by atoms with E-state index in [1.807, 2.05) is 25.1 Å². The van der Waals surface area contributed by atoms with E-state index < -0.39 is 5.97 Å². The maximum Gasteiger partial charge on any atom is 0.340 e. The third kappa shape index (κ3) is 4.68. The van der Waals surface area contributed by atoms with Gasteiger partial charge in [0, 0.05) is 10.7 Å². The first kappa shape index (κ1) is 17.2. The fourth-order valence-electron chi connectivity index (χ4n) is 1.98. The topological polar surface area (TPSA) is 50.4 Å². The molecule has 0 fully saturated rings. The van der Waals surface area contributed by atoms with E-state index in [9.17, 15) is 4.79 Å². The van der Waals surface area contributed by atoms with Crippen LogP contribution in [-0.2, 0) is 4.74 Å². The van der Waals surface area contributed by atoms with E-state index in [1.54, 1.807) is 31.2 Å². The van der Waals surface area contributed by atoms with Gasteiger partial charge in [-0.25, -0.2) is 4.79 Å². The van der Waals surface area contributed by atoms with Gasteiger partial charge in [-0.15, -0.1) is 0 Å². The average Bonchev–Trinajstić information content (AvgIpc) is 2.51. The van der Waals surface area contributed by atoms with Crippen molar-refractivity contribution in [2.45, 2.75) is 13.8 Å². The van der Waals surface area contributed by atoms with Crippen LogP contribution in [0.25, 0.3) is 0 Å². The molecule has 0 aliphatic rings. The first-order chi connectivity index (χ1) is 11.0. The van der Waals surface area contributed by atoms with Gasteiger partial charge in [0.15, 0.2) is 5.11 Å². The molecule has 0 amide bonds. The van der Waals surface area contributed by atoms with Crippen molar-refractivity contribution in [1.82, 2.24) is 0 Å². The summed E-state index contributed by atoms with van der Waals surface area (Å²) in [7, 11) is 0. The van der Waals surface area contributed by atoms with Gasteiger partial charge >= 0.3 is 5.97 Å². The van der Waals surface area contributed by atoms with Gasteiger partial charge in [-0.3, -0.25) is 0 Å². The molecule has 6 heteroatoms. The summed E-state index contributed by atoms with van der Waals surface area (Å²) in [4.78, 5) is 12.0. The maximum atomic E-state index is 12.0. The number of hydrogen-bond donors (Lipinski definition) is 2. The van der Waals surface area contributed by atoms with Gasteiger partial charge in [-0.2, -0.15) is 0 Å². The smallest absolute Gasteiger partial charge is 0.340 e. The Morgan fingerprint density at radius 1 is 1.17 bits per heavy atom. The molecule has 0 aliphatic carbocycles. The minimum Gasteiger partial charge on any atom is -0.462 e. The molecule has 0 spiro atoms. The summed E-state index contributed by atoms with van der Waals surface area (Å²) in [6, 6.07) is 12.6. The predicted molar refractivity (Wildman–Crippen MR) is 98.4 cm³/mol. The molecule has 0 unspecified atom stereocenters. The monoisotopic (exact) mass is 348 g/mol. The van der Waals surface area contributed by atoms with E-state index >= 15 is 0 Å². The second-order valence-electron chi connectivity index (χ2n) is 4.80. The summed E-state index contributed by atoms with van der Waals surface area (Å²) in [5.74, 6) is -0.391. The predicted octanol–water partition coefficient (Wildman–Crippen LogP) is 4.63. The first-order valence-electron chi connectivity index (χ1n) is 7.11. The van der Waals surface area contributed by atoms with Crippen molar-refractivity contribution in [3.05, 3.63) is 58.6 Å². The lowest BCUT2D eigenvalue weighted by molar-refractivity contribution is 0.0527. The molecule has 2 rings (SSSR count). The second-order valence-corrected chi connectivity index (χ2v) is 5.65. The van der Waals surface area contributed by atoms with Gasteiger partial charge in [-0.1, -0.05) is 29.8 Å². The van der Waals surface area contributed by atoms with E-state index in [0.717, 1.165) is 11.3 Å². The highest BCUT2D eigenvalue weighted by molar-refractivity contribution is 7.80. The van der Waals surface area contributed by atoms with E-state index in [1.165, 1.54) is 0 Å². The minimum atomic E-state index is -0.391. The third-order valence-electron chi connectivity index (χ3n) is 3.12. The molecule has 0 saturated carbocycles. The van der Waals surface area contributed by atoms with Crippen LogP contribution in [0.15, 0.2) is 42.5 Å².